The molecule has 8 heteroatoms. The molecule has 178 valence electrons. The Morgan fingerprint density at radius 2 is 1.54 bits per heavy atom. The largest absolute Gasteiger partial charge is 0.462 e. The van der Waals surface area contributed by atoms with Crippen LogP contribution in [0, 0.1) is 13.8 Å². The Morgan fingerprint density at radius 3 is 2.14 bits per heavy atom. The summed E-state index contributed by atoms with van der Waals surface area (Å²) in [7, 11) is 0. The zero-order valence-corrected chi connectivity index (χ0v) is 20.8. The maximum Gasteiger partial charge on any atom is 0.340 e. The van der Waals surface area contributed by atoms with Gasteiger partial charge in [-0.05, 0) is 33.3 Å². The van der Waals surface area contributed by atoms with Gasteiger partial charge in [-0.15, -0.1) is 10.2 Å². The fraction of sp³-hybridized carbons (Fsp3) is 0.222. The summed E-state index contributed by atoms with van der Waals surface area (Å²) in [6, 6.07) is 19.6. The lowest BCUT2D eigenvalue weighted by Gasteiger charge is -2.12. The lowest BCUT2D eigenvalue weighted by molar-refractivity contribution is 0.0525. The molecule has 0 aliphatic carbocycles. The molecule has 0 aliphatic heterocycles. The molecule has 4 aromatic rings. The first-order valence-electron chi connectivity index (χ1n) is 11.3. The van der Waals surface area contributed by atoms with Gasteiger partial charge in [0.05, 0.1) is 23.1 Å². The number of H-pyrrole nitrogens is 1. The predicted octanol–water partition coefficient (Wildman–Crippen LogP) is 5.69. The Hall–Kier alpha value is -3.78. The maximum absolute atomic E-state index is 13.3. The van der Waals surface area contributed by atoms with Crippen LogP contribution >= 0.6 is 11.8 Å². The molecule has 0 saturated carbocycles. The van der Waals surface area contributed by atoms with Gasteiger partial charge in [-0.1, -0.05) is 72.4 Å². The summed E-state index contributed by atoms with van der Waals surface area (Å²) in [6.07, 6.45) is 0. The lowest BCUT2D eigenvalue weighted by atomic mass is 10.0. The molecular formula is C27H26N4O3S. The molecule has 0 aliphatic rings. The third kappa shape index (κ3) is 5.17. The summed E-state index contributed by atoms with van der Waals surface area (Å²) in [5.74, 6) is -0.585. The molecule has 7 nitrogen and oxygen atoms in total. The predicted molar refractivity (Wildman–Crippen MR) is 137 cm³/mol. The van der Waals surface area contributed by atoms with Crippen LogP contribution in [-0.4, -0.2) is 43.8 Å². The SMILES string of the molecule is CCOC(=O)c1c(C)[nH]c(C(=O)C(C)Sc2nnc(-c3ccccc3)c(-c3ccccc3)n2)c1C. The number of nitrogens with one attached hydrogen (secondary N) is 1. The number of nitrogens with zero attached hydrogens (tertiary/aromatic N) is 3. The summed E-state index contributed by atoms with van der Waals surface area (Å²) < 4.78 is 5.14. The summed E-state index contributed by atoms with van der Waals surface area (Å²) in [5, 5.41) is 8.69. The highest BCUT2D eigenvalue weighted by atomic mass is 32.2. The first-order chi connectivity index (χ1) is 16.9. The van der Waals surface area contributed by atoms with Gasteiger partial charge in [0.2, 0.25) is 5.16 Å². The molecule has 2 aromatic heterocycles. The van der Waals surface area contributed by atoms with Crippen molar-refractivity contribution in [2.75, 3.05) is 6.61 Å². The Bertz CT molecular complexity index is 1350. The number of aryl methyl sites for hydroxylation is 1. The van der Waals surface area contributed by atoms with Crippen LogP contribution in [0.2, 0.25) is 0 Å². The van der Waals surface area contributed by atoms with Gasteiger partial charge in [-0.25, -0.2) is 9.78 Å². The lowest BCUT2D eigenvalue weighted by Crippen LogP contribution is -2.16. The van der Waals surface area contributed by atoms with Gasteiger partial charge in [-0.3, -0.25) is 4.79 Å². The average molecular weight is 487 g/mol. The number of ketones is 1. The van der Waals surface area contributed by atoms with E-state index in [0.29, 0.717) is 39.1 Å². The van der Waals surface area contributed by atoms with Crippen molar-refractivity contribution in [3.05, 3.63) is 83.2 Å². The molecule has 1 unspecified atom stereocenters. The van der Waals surface area contributed by atoms with Crippen LogP contribution in [0.1, 0.15) is 46.0 Å². The highest BCUT2D eigenvalue weighted by Crippen LogP contribution is 2.31. The van der Waals surface area contributed by atoms with Crippen molar-refractivity contribution in [1.29, 1.82) is 0 Å². The number of ether oxygens (including phenoxy) is 1. The van der Waals surface area contributed by atoms with Crippen molar-refractivity contribution in [2.24, 2.45) is 0 Å². The topological polar surface area (TPSA) is 97.8 Å². The van der Waals surface area contributed by atoms with E-state index in [4.69, 9.17) is 9.72 Å². The number of aromatic amines is 1. The molecule has 1 atom stereocenters. The molecule has 0 saturated heterocycles. The monoisotopic (exact) mass is 486 g/mol. The quantitative estimate of drug-likeness (QED) is 0.194. The number of esters is 1. The van der Waals surface area contributed by atoms with Gasteiger partial charge in [0, 0.05) is 16.8 Å². The minimum absolute atomic E-state index is 0.150. The van der Waals surface area contributed by atoms with Crippen molar-refractivity contribution in [1.82, 2.24) is 20.2 Å². The Labute approximate surface area is 208 Å². The zero-order valence-electron chi connectivity index (χ0n) is 20.0. The van der Waals surface area contributed by atoms with Crippen LogP contribution in [0.15, 0.2) is 65.8 Å². The molecular weight excluding hydrogens is 460 g/mol. The highest BCUT2D eigenvalue weighted by Gasteiger charge is 2.27. The smallest absolute Gasteiger partial charge is 0.340 e. The summed E-state index contributed by atoms with van der Waals surface area (Å²) in [4.78, 5) is 33.4. The molecule has 0 amide bonds. The van der Waals surface area contributed by atoms with E-state index in [-0.39, 0.29) is 12.4 Å². The summed E-state index contributed by atoms with van der Waals surface area (Å²) in [6.45, 7) is 7.32. The van der Waals surface area contributed by atoms with Gasteiger partial charge < -0.3 is 9.72 Å². The first kappa shape index (κ1) is 24.3. The number of carbonyl (C=O) groups is 2. The van der Waals surface area contributed by atoms with Crippen LogP contribution in [0.5, 0.6) is 0 Å². The summed E-state index contributed by atoms with van der Waals surface area (Å²) >= 11 is 1.23. The van der Waals surface area contributed by atoms with Gasteiger partial charge in [0.1, 0.15) is 11.4 Å². The molecule has 4 rings (SSSR count). The Balaban J connectivity index is 1.64. The molecule has 0 fully saturated rings. The van der Waals surface area contributed by atoms with Gasteiger partial charge in [0.15, 0.2) is 5.78 Å². The minimum atomic E-state index is -0.505. The highest BCUT2D eigenvalue weighted by molar-refractivity contribution is 8.00. The third-order valence-electron chi connectivity index (χ3n) is 5.58. The molecule has 0 bridgehead atoms. The van der Waals surface area contributed by atoms with Crippen LogP contribution < -0.4 is 0 Å². The summed E-state index contributed by atoms with van der Waals surface area (Å²) in [5.41, 5.74) is 5.19. The second-order valence-corrected chi connectivity index (χ2v) is 9.30. The number of aromatic nitrogens is 4. The molecule has 0 radical (unpaired) electrons. The van der Waals surface area contributed by atoms with Gasteiger partial charge >= 0.3 is 5.97 Å². The van der Waals surface area contributed by atoms with Crippen molar-refractivity contribution >= 4 is 23.5 Å². The fourth-order valence-corrected chi connectivity index (χ4v) is 4.64. The Kier molecular flexibility index (Phi) is 7.41. The standard InChI is InChI=1S/C27H26N4O3S/c1-5-34-26(33)21-16(2)22(28-17(21)3)25(32)18(4)35-27-29-23(19-12-8-6-9-13-19)24(30-31-27)20-14-10-7-11-15-20/h6-15,18,28H,5H2,1-4H3. The van der Waals surface area contributed by atoms with Crippen molar-refractivity contribution in [3.63, 3.8) is 0 Å². The van der Waals surface area contributed by atoms with Crippen LogP contribution in [0.3, 0.4) is 0 Å². The van der Waals surface area contributed by atoms with E-state index in [1.54, 1.807) is 27.7 Å². The second kappa shape index (κ2) is 10.7. The maximum atomic E-state index is 13.3. The normalized spacial score (nSPS) is 11.8. The number of hydrogen-bond donors (Lipinski definition) is 1. The number of rotatable bonds is 8. The minimum Gasteiger partial charge on any atom is -0.462 e. The fourth-order valence-electron chi connectivity index (χ4n) is 3.87. The van der Waals surface area contributed by atoms with Gasteiger partial charge in [0.25, 0.3) is 0 Å². The van der Waals surface area contributed by atoms with E-state index in [0.717, 1.165) is 11.1 Å². The number of carbonyl (C=O) groups excluding carboxylic acids is 2. The number of hydrogen-bond acceptors (Lipinski definition) is 7. The van der Waals surface area contributed by atoms with E-state index in [9.17, 15) is 9.59 Å². The molecule has 0 spiro atoms. The van der Waals surface area contributed by atoms with E-state index in [1.807, 2.05) is 60.7 Å². The van der Waals surface area contributed by atoms with Crippen molar-refractivity contribution in [2.45, 2.75) is 38.1 Å². The number of thioether (sulfide) groups is 1. The van der Waals surface area contributed by atoms with Gasteiger partial charge in [-0.2, -0.15) is 0 Å². The second-order valence-electron chi connectivity index (χ2n) is 7.99. The molecule has 2 aromatic carbocycles. The molecule has 2 heterocycles. The Morgan fingerprint density at radius 1 is 0.943 bits per heavy atom. The number of benzene rings is 2. The molecule has 1 N–H and O–H groups in total. The number of Topliss-reactive ketones (excluding diaryl/α,β-unsaturated/α-hetero) is 1. The molecule has 35 heavy (non-hydrogen) atoms. The third-order valence-corrected chi connectivity index (χ3v) is 6.53. The van der Waals surface area contributed by atoms with E-state index in [1.165, 1.54) is 11.8 Å². The van der Waals surface area contributed by atoms with Crippen LogP contribution in [-0.2, 0) is 4.74 Å². The first-order valence-corrected chi connectivity index (χ1v) is 12.2. The van der Waals surface area contributed by atoms with E-state index in [2.05, 4.69) is 15.2 Å². The zero-order chi connectivity index (χ0) is 24.9. The van der Waals surface area contributed by atoms with Crippen LogP contribution in [0.4, 0.5) is 0 Å². The average Bonchev–Trinajstić information content (AvgIpc) is 3.18. The van der Waals surface area contributed by atoms with E-state index < -0.39 is 11.2 Å². The van der Waals surface area contributed by atoms with Crippen LogP contribution in [0.25, 0.3) is 22.5 Å². The van der Waals surface area contributed by atoms with Crippen molar-refractivity contribution in [3.8, 4) is 22.5 Å². The van der Waals surface area contributed by atoms with E-state index >= 15 is 0 Å². The van der Waals surface area contributed by atoms with Crippen molar-refractivity contribution < 1.29 is 14.3 Å².